The average molecular weight is 442 g/mol. The largest absolute Gasteiger partial charge is 0.492 e. The Labute approximate surface area is 182 Å². The maximum Gasteiger partial charge on any atom is 0.335 e. The molecule has 2 heterocycles. The van der Waals surface area contributed by atoms with Crippen molar-refractivity contribution in [3.05, 3.63) is 54.6 Å². The molecule has 2 aromatic carbocycles. The Morgan fingerprint density at radius 1 is 1.03 bits per heavy atom. The van der Waals surface area contributed by atoms with Crippen molar-refractivity contribution >= 4 is 5.97 Å². The first-order valence-corrected chi connectivity index (χ1v) is 9.78. The molecule has 5 N–H and O–H groups in total. The molecule has 0 radical (unpaired) electrons. The first kappa shape index (κ1) is 21.8. The molecule has 3 aromatic rings. The van der Waals surface area contributed by atoms with E-state index in [1.54, 1.807) is 18.2 Å². The van der Waals surface area contributed by atoms with E-state index in [1.807, 2.05) is 36.4 Å². The van der Waals surface area contributed by atoms with Crippen molar-refractivity contribution in [2.75, 3.05) is 7.11 Å². The molecule has 0 aliphatic carbocycles. The van der Waals surface area contributed by atoms with Gasteiger partial charge in [-0.05, 0) is 18.2 Å². The third-order valence-electron chi connectivity index (χ3n) is 5.18. The third kappa shape index (κ3) is 4.04. The van der Waals surface area contributed by atoms with Gasteiger partial charge < -0.3 is 34.6 Å². The third-order valence-corrected chi connectivity index (χ3v) is 5.18. The second-order valence-corrected chi connectivity index (χ2v) is 7.22. The minimum Gasteiger partial charge on any atom is -0.492 e. The summed E-state index contributed by atoms with van der Waals surface area (Å²) in [7, 11) is 1.43. The fourth-order valence-electron chi connectivity index (χ4n) is 3.52. The number of aliphatic hydroxyl groups is 3. The van der Waals surface area contributed by atoms with Crippen LogP contribution in [-0.4, -0.2) is 74.4 Å². The molecule has 0 amide bonds. The molecule has 4 rings (SSSR count). The molecule has 0 saturated carbocycles. The van der Waals surface area contributed by atoms with E-state index in [0.717, 1.165) is 11.3 Å². The summed E-state index contributed by atoms with van der Waals surface area (Å²) in [5.41, 5.74) is 2.88. The van der Waals surface area contributed by atoms with Crippen molar-refractivity contribution in [3.8, 4) is 34.0 Å². The van der Waals surface area contributed by atoms with Gasteiger partial charge >= 0.3 is 5.97 Å². The quantitative estimate of drug-likeness (QED) is 0.376. The number of carbonyl (C=O) groups is 1. The lowest BCUT2D eigenvalue weighted by atomic mass is 9.99. The number of aliphatic carboxylic acids is 1. The molecule has 10 heteroatoms. The van der Waals surface area contributed by atoms with Crippen LogP contribution >= 0.6 is 0 Å². The number of aliphatic hydroxyl groups excluding tert-OH is 3. The van der Waals surface area contributed by atoms with E-state index < -0.39 is 36.7 Å². The van der Waals surface area contributed by atoms with Crippen LogP contribution in [0.4, 0.5) is 0 Å². The summed E-state index contributed by atoms with van der Waals surface area (Å²) in [5.74, 6) is -1.08. The number of nitrogens with zero attached hydrogens (tertiary/aromatic N) is 1. The molecular weight excluding hydrogens is 420 g/mol. The number of carboxylic acid groups (broad SMARTS) is 1. The van der Waals surface area contributed by atoms with Gasteiger partial charge in [-0.2, -0.15) is 5.10 Å². The van der Waals surface area contributed by atoms with E-state index in [-0.39, 0.29) is 11.5 Å². The lowest BCUT2D eigenvalue weighted by molar-refractivity contribution is -0.271. The smallest absolute Gasteiger partial charge is 0.335 e. The van der Waals surface area contributed by atoms with E-state index in [4.69, 9.17) is 14.2 Å². The number of rotatable bonds is 6. The summed E-state index contributed by atoms with van der Waals surface area (Å²) in [6, 6.07) is 16.4. The Bertz CT molecular complexity index is 1090. The number of methoxy groups -OCH3 is 1. The number of hydrogen-bond acceptors (Lipinski definition) is 8. The molecule has 0 unspecified atom stereocenters. The van der Waals surface area contributed by atoms with Gasteiger partial charge in [-0.3, -0.25) is 5.10 Å². The summed E-state index contributed by atoms with van der Waals surface area (Å²) in [6.07, 6.45) is -8.60. The molecule has 10 nitrogen and oxygen atoms in total. The summed E-state index contributed by atoms with van der Waals surface area (Å²) in [4.78, 5) is 11.3. The summed E-state index contributed by atoms with van der Waals surface area (Å²) < 4.78 is 16.4. The molecule has 1 aliphatic rings. The van der Waals surface area contributed by atoms with Crippen molar-refractivity contribution in [3.63, 3.8) is 0 Å². The Hall–Kier alpha value is -3.44. The monoisotopic (exact) mass is 442 g/mol. The number of nitrogens with one attached hydrogen (secondary N) is 1. The van der Waals surface area contributed by atoms with Crippen LogP contribution in [0.25, 0.3) is 22.5 Å². The topological polar surface area (TPSA) is 154 Å². The van der Waals surface area contributed by atoms with Crippen LogP contribution in [0.3, 0.4) is 0 Å². The maximum atomic E-state index is 11.3. The van der Waals surface area contributed by atoms with Gasteiger partial charge in [-0.15, -0.1) is 0 Å². The second kappa shape index (κ2) is 8.97. The molecule has 5 atom stereocenters. The van der Waals surface area contributed by atoms with Crippen LogP contribution in [-0.2, 0) is 9.53 Å². The summed E-state index contributed by atoms with van der Waals surface area (Å²) in [5, 5.41) is 46.6. The first-order chi connectivity index (χ1) is 15.4. The van der Waals surface area contributed by atoms with Crippen LogP contribution in [0.15, 0.2) is 54.6 Å². The lowest BCUT2D eigenvalue weighted by Crippen LogP contribution is -2.61. The predicted molar refractivity (Wildman–Crippen MR) is 111 cm³/mol. The highest BCUT2D eigenvalue weighted by molar-refractivity contribution is 5.75. The standard InChI is InChI=1S/C22H22N2O8/c1-30-19-12(14-10-13(23-24-14)11-6-3-2-4-7-11)8-5-9-15(19)31-22-18(27)16(25)17(26)20(32-22)21(28)29/h2-10,16-18,20,22,25-27H,1H3,(H,23,24)(H,28,29)/t16-,17-,18+,20-,22-/m1/s1. The fourth-order valence-corrected chi connectivity index (χ4v) is 3.52. The minimum atomic E-state index is -1.81. The normalized spacial score (nSPS) is 25.3. The van der Waals surface area contributed by atoms with Gasteiger partial charge in [0.15, 0.2) is 17.6 Å². The molecule has 1 aromatic heterocycles. The van der Waals surface area contributed by atoms with Gasteiger partial charge in [-0.25, -0.2) is 4.79 Å². The highest BCUT2D eigenvalue weighted by Crippen LogP contribution is 2.39. The summed E-state index contributed by atoms with van der Waals surface area (Å²) >= 11 is 0. The molecule has 32 heavy (non-hydrogen) atoms. The van der Waals surface area contributed by atoms with Gasteiger partial charge in [0.1, 0.15) is 18.3 Å². The number of aromatic amines is 1. The van der Waals surface area contributed by atoms with Crippen LogP contribution in [0.5, 0.6) is 11.5 Å². The van der Waals surface area contributed by atoms with E-state index in [2.05, 4.69) is 10.2 Å². The van der Waals surface area contributed by atoms with E-state index in [0.29, 0.717) is 11.3 Å². The number of benzene rings is 2. The number of H-pyrrole nitrogens is 1. The lowest BCUT2D eigenvalue weighted by Gasteiger charge is -2.38. The number of para-hydroxylation sites is 1. The molecule has 0 spiro atoms. The van der Waals surface area contributed by atoms with E-state index in [9.17, 15) is 25.2 Å². The van der Waals surface area contributed by atoms with Crippen LogP contribution in [0, 0.1) is 0 Å². The number of ether oxygens (including phenoxy) is 3. The predicted octanol–water partition coefficient (Wildman–Crippen LogP) is 1.02. The highest BCUT2D eigenvalue weighted by atomic mass is 16.7. The zero-order valence-electron chi connectivity index (χ0n) is 17.0. The van der Waals surface area contributed by atoms with Gasteiger partial charge in [0.25, 0.3) is 0 Å². The van der Waals surface area contributed by atoms with Gasteiger partial charge in [0, 0.05) is 11.1 Å². The van der Waals surface area contributed by atoms with Crippen LogP contribution in [0.2, 0.25) is 0 Å². The Morgan fingerprint density at radius 3 is 2.47 bits per heavy atom. The molecule has 1 fully saturated rings. The molecule has 0 bridgehead atoms. The van der Waals surface area contributed by atoms with Gasteiger partial charge in [0.05, 0.1) is 18.5 Å². The SMILES string of the molecule is COc1c(O[C@@H]2O[C@@H](C(=O)O)[C@H](O)[C@@H](O)[C@@H]2O)cccc1-c1cc(-c2ccccc2)n[nH]1. The van der Waals surface area contributed by atoms with Crippen molar-refractivity contribution in [2.24, 2.45) is 0 Å². The molecule has 1 aliphatic heterocycles. The fraction of sp³-hybridized carbons (Fsp3) is 0.273. The Balaban J connectivity index is 1.64. The Morgan fingerprint density at radius 2 is 1.78 bits per heavy atom. The van der Waals surface area contributed by atoms with Crippen molar-refractivity contribution in [1.82, 2.24) is 10.2 Å². The Kier molecular flexibility index (Phi) is 6.10. The minimum absolute atomic E-state index is 0.137. The van der Waals surface area contributed by atoms with Gasteiger partial charge in [-0.1, -0.05) is 36.4 Å². The molecular formula is C22H22N2O8. The first-order valence-electron chi connectivity index (χ1n) is 9.78. The van der Waals surface area contributed by atoms with Crippen molar-refractivity contribution < 1.29 is 39.4 Å². The van der Waals surface area contributed by atoms with Crippen molar-refractivity contribution in [1.29, 1.82) is 0 Å². The zero-order valence-corrected chi connectivity index (χ0v) is 17.0. The number of carboxylic acids is 1. The zero-order chi connectivity index (χ0) is 22.8. The van der Waals surface area contributed by atoms with Gasteiger partial charge in [0.2, 0.25) is 6.29 Å². The van der Waals surface area contributed by atoms with Crippen LogP contribution in [0.1, 0.15) is 0 Å². The van der Waals surface area contributed by atoms with E-state index >= 15 is 0 Å². The van der Waals surface area contributed by atoms with Crippen molar-refractivity contribution in [2.45, 2.75) is 30.7 Å². The van der Waals surface area contributed by atoms with E-state index in [1.165, 1.54) is 7.11 Å². The second-order valence-electron chi connectivity index (χ2n) is 7.22. The number of aromatic nitrogens is 2. The molecule has 1 saturated heterocycles. The highest BCUT2D eigenvalue weighted by Gasteiger charge is 2.48. The summed E-state index contributed by atoms with van der Waals surface area (Å²) in [6.45, 7) is 0. The number of hydrogen-bond donors (Lipinski definition) is 5. The average Bonchev–Trinajstić information content (AvgIpc) is 3.29. The molecule has 168 valence electrons. The maximum absolute atomic E-state index is 11.3. The van der Waals surface area contributed by atoms with Crippen LogP contribution < -0.4 is 9.47 Å².